The Morgan fingerprint density at radius 2 is 1.92 bits per heavy atom. The van der Waals surface area contributed by atoms with Crippen LogP contribution in [0, 0.1) is 16.6 Å². The first-order valence-corrected chi connectivity index (χ1v) is 10.9. The van der Waals surface area contributed by atoms with Crippen LogP contribution in [-0.2, 0) is 11.3 Å². The number of thiophene rings is 1. The molecule has 140 valence electrons. The van der Waals surface area contributed by atoms with Gasteiger partial charge in [-0.05, 0) is 74.5 Å². The second kappa shape index (κ2) is 7.64. The number of rotatable bonds is 3. The van der Waals surface area contributed by atoms with Crippen molar-refractivity contribution in [2.75, 3.05) is 13.1 Å². The molecule has 0 radical (unpaired) electrons. The van der Waals surface area contributed by atoms with Gasteiger partial charge in [-0.3, -0.25) is 14.2 Å². The third-order valence-electron chi connectivity index (χ3n) is 5.90. The molecule has 4 rings (SSSR count). The van der Waals surface area contributed by atoms with Crippen LogP contribution in [-0.4, -0.2) is 33.4 Å². The fourth-order valence-electron chi connectivity index (χ4n) is 4.36. The van der Waals surface area contributed by atoms with Gasteiger partial charge in [0, 0.05) is 25.6 Å². The Morgan fingerprint density at radius 3 is 2.65 bits per heavy atom. The minimum atomic E-state index is 0.0188. The van der Waals surface area contributed by atoms with Gasteiger partial charge in [0.2, 0.25) is 5.91 Å². The lowest BCUT2D eigenvalue weighted by atomic mass is 9.81. The molecule has 2 aromatic rings. The van der Waals surface area contributed by atoms with E-state index < -0.39 is 0 Å². The van der Waals surface area contributed by atoms with E-state index in [1.165, 1.54) is 17.8 Å². The summed E-state index contributed by atoms with van der Waals surface area (Å²) in [4.78, 5) is 30.6. The molecule has 26 heavy (non-hydrogen) atoms. The molecular weight excluding hydrogens is 366 g/mol. The molecule has 1 amide bonds. The molecule has 2 aromatic heterocycles. The van der Waals surface area contributed by atoms with Gasteiger partial charge in [-0.1, -0.05) is 0 Å². The number of nitrogens with one attached hydrogen (secondary N) is 1. The minimum Gasteiger partial charge on any atom is -0.342 e. The van der Waals surface area contributed by atoms with Gasteiger partial charge < -0.3 is 9.88 Å². The van der Waals surface area contributed by atoms with Crippen LogP contribution in [0.4, 0.5) is 0 Å². The van der Waals surface area contributed by atoms with E-state index in [0.29, 0.717) is 23.1 Å². The summed E-state index contributed by atoms with van der Waals surface area (Å²) in [5.41, 5.74) is 0.849. The zero-order valence-electron chi connectivity index (χ0n) is 14.9. The standard InChI is InChI=1S/C19H25N3O2S2/c23-17(21-9-2-1-3-10-21)14-6-4-13(5-7-14)12-22-18(24)16-15(8-11-26-16)20-19(22)25/h8,11,13-14H,1-7,9-10,12H2,(H,20,25). The normalized spacial score (nSPS) is 24.1. The maximum absolute atomic E-state index is 12.7. The van der Waals surface area contributed by atoms with E-state index in [4.69, 9.17) is 12.2 Å². The monoisotopic (exact) mass is 391 g/mol. The SMILES string of the molecule is O=C(C1CCC(Cn2c(=S)[nH]c3ccsc3c2=O)CC1)N1CCCCC1. The van der Waals surface area contributed by atoms with Gasteiger partial charge in [0.25, 0.3) is 5.56 Å². The number of fused-ring (bicyclic) bond motifs is 1. The Kier molecular flexibility index (Phi) is 5.27. The summed E-state index contributed by atoms with van der Waals surface area (Å²) in [6, 6.07) is 1.90. The van der Waals surface area contributed by atoms with Crippen molar-refractivity contribution in [2.45, 2.75) is 51.5 Å². The van der Waals surface area contributed by atoms with Crippen LogP contribution in [0.25, 0.3) is 10.2 Å². The first-order chi connectivity index (χ1) is 12.6. The highest BCUT2D eigenvalue weighted by Gasteiger charge is 2.30. The number of hydrogen-bond acceptors (Lipinski definition) is 4. The van der Waals surface area contributed by atoms with Crippen molar-refractivity contribution in [2.24, 2.45) is 11.8 Å². The molecule has 1 saturated carbocycles. The Bertz CT molecular complexity index is 899. The third kappa shape index (κ3) is 3.51. The first-order valence-electron chi connectivity index (χ1n) is 9.62. The van der Waals surface area contributed by atoms with E-state index in [2.05, 4.69) is 9.88 Å². The largest absolute Gasteiger partial charge is 0.342 e. The second-order valence-corrected chi connectivity index (χ2v) is 8.92. The van der Waals surface area contributed by atoms with Gasteiger partial charge in [-0.15, -0.1) is 11.3 Å². The van der Waals surface area contributed by atoms with Gasteiger partial charge in [0.15, 0.2) is 4.77 Å². The van der Waals surface area contributed by atoms with Crippen molar-refractivity contribution < 1.29 is 4.79 Å². The molecular formula is C19H25N3O2S2. The summed E-state index contributed by atoms with van der Waals surface area (Å²) < 4.78 is 2.96. The Hall–Kier alpha value is -1.47. The zero-order valence-corrected chi connectivity index (χ0v) is 16.5. The van der Waals surface area contributed by atoms with Gasteiger partial charge in [0.1, 0.15) is 4.70 Å². The summed E-state index contributed by atoms with van der Waals surface area (Å²) in [6.45, 7) is 2.53. The molecule has 1 aliphatic heterocycles. The molecule has 7 heteroatoms. The zero-order chi connectivity index (χ0) is 18.1. The number of nitrogens with zero attached hydrogens (tertiary/aromatic N) is 2. The van der Waals surface area contributed by atoms with Crippen LogP contribution in [0.15, 0.2) is 16.2 Å². The fourth-order valence-corrected chi connectivity index (χ4v) is 5.42. The van der Waals surface area contributed by atoms with Crippen LogP contribution < -0.4 is 5.56 Å². The Balaban J connectivity index is 1.40. The lowest BCUT2D eigenvalue weighted by Crippen LogP contribution is -2.41. The van der Waals surface area contributed by atoms with Gasteiger partial charge in [-0.2, -0.15) is 0 Å². The number of piperidine rings is 1. The third-order valence-corrected chi connectivity index (χ3v) is 7.12. The number of amides is 1. The predicted molar refractivity (Wildman–Crippen MR) is 107 cm³/mol. The molecule has 0 bridgehead atoms. The van der Waals surface area contributed by atoms with Crippen molar-refractivity contribution in [3.8, 4) is 0 Å². The molecule has 0 unspecified atom stereocenters. The lowest BCUT2D eigenvalue weighted by molar-refractivity contribution is -0.137. The smallest absolute Gasteiger partial charge is 0.272 e. The van der Waals surface area contributed by atoms with E-state index >= 15 is 0 Å². The highest BCUT2D eigenvalue weighted by atomic mass is 32.1. The second-order valence-electron chi connectivity index (χ2n) is 7.61. The van der Waals surface area contributed by atoms with Crippen LogP contribution in [0.3, 0.4) is 0 Å². The molecule has 0 aromatic carbocycles. The molecule has 2 fully saturated rings. The van der Waals surface area contributed by atoms with Crippen LogP contribution in [0.2, 0.25) is 0 Å². The summed E-state index contributed by atoms with van der Waals surface area (Å²) >= 11 is 6.86. The summed E-state index contributed by atoms with van der Waals surface area (Å²) in [5.74, 6) is 0.957. The van der Waals surface area contributed by atoms with Crippen LogP contribution in [0.5, 0.6) is 0 Å². The molecule has 2 aliphatic rings. The highest BCUT2D eigenvalue weighted by molar-refractivity contribution is 7.71. The van der Waals surface area contributed by atoms with Crippen molar-refractivity contribution >= 4 is 39.7 Å². The number of carbonyl (C=O) groups excluding carboxylic acids is 1. The van der Waals surface area contributed by atoms with Gasteiger partial charge in [-0.25, -0.2) is 0 Å². The van der Waals surface area contributed by atoms with E-state index in [-0.39, 0.29) is 11.5 Å². The van der Waals surface area contributed by atoms with Crippen LogP contribution >= 0.6 is 23.6 Å². The molecule has 5 nitrogen and oxygen atoms in total. The van der Waals surface area contributed by atoms with E-state index in [1.807, 2.05) is 11.4 Å². The summed E-state index contributed by atoms with van der Waals surface area (Å²) in [6.07, 6.45) is 7.40. The van der Waals surface area contributed by atoms with Crippen LogP contribution in [0.1, 0.15) is 44.9 Å². The average Bonchev–Trinajstić information content (AvgIpc) is 3.14. The fraction of sp³-hybridized carbons (Fsp3) is 0.632. The average molecular weight is 392 g/mol. The molecule has 3 heterocycles. The lowest BCUT2D eigenvalue weighted by Gasteiger charge is -2.34. The number of H-pyrrole nitrogens is 1. The maximum Gasteiger partial charge on any atom is 0.272 e. The maximum atomic E-state index is 12.7. The first kappa shape index (κ1) is 17.9. The predicted octanol–water partition coefficient (Wildman–Crippen LogP) is 3.94. The van der Waals surface area contributed by atoms with Crippen molar-refractivity contribution in [1.29, 1.82) is 0 Å². The number of aromatic nitrogens is 2. The molecule has 1 aliphatic carbocycles. The number of likely N-dealkylation sites (tertiary alicyclic amines) is 1. The van der Waals surface area contributed by atoms with E-state index in [0.717, 1.165) is 61.8 Å². The molecule has 1 saturated heterocycles. The molecule has 0 atom stereocenters. The Morgan fingerprint density at radius 1 is 1.19 bits per heavy atom. The van der Waals surface area contributed by atoms with Crippen molar-refractivity contribution in [3.05, 3.63) is 26.6 Å². The van der Waals surface area contributed by atoms with Crippen molar-refractivity contribution in [3.63, 3.8) is 0 Å². The van der Waals surface area contributed by atoms with E-state index in [9.17, 15) is 9.59 Å². The molecule has 0 spiro atoms. The number of hydrogen-bond donors (Lipinski definition) is 1. The number of aromatic amines is 1. The minimum absolute atomic E-state index is 0.0188. The topological polar surface area (TPSA) is 58.1 Å². The Labute approximate surface area is 162 Å². The van der Waals surface area contributed by atoms with E-state index in [1.54, 1.807) is 4.57 Å². The quantitative estimate of drug-likeness (QED) is 0.806. The number of carbonyl (C=O) groups is 1. The summed E-state index contributed by atoms with van der Waals surface area (Å²) in [5, 5.41) is 1.92. The van der Waals surface area contributed by atoms with Gasteiger partial charge in [0.05, 0.1) is 5.52 Å². The highest BCUT2D eigenvalue weighted by Crippen LogP contribution is 2.31. The van der Waals surface area contributed by atoms with Crippen molar-refractivity contribution in [1.82, 2.24) is 14.5 Å². The molecule has 1 N–H and O–H groups in total. The van der Waals surface area contributed by atoms with Gasteiger partial charge >= 0.3 is 0 Å². The summed E-state index contributed by atoms with van der Waals surface area (Å²) in [7, 11) is 0.